The van der Waals surface area contributed by atoms with Crippen molar-refractivity contribution >= 4 is 28.2 Å². The average Bonchev–Trinajstić information content (AvgIpc) is 2.96. The van der Waals surface area contributed by atoms with Gasteiger partial charge < -0.3 is 15.3 Å². The zero-order chi connectivity index (χ0) is 15.7. The molecule has 21 heavy (non-hydrogen) atoms. The van der Waals surface area contributed by atoms with Gasteiger partial charge in [-0.25, -0.2) is 0 Å². The van der Waals surface area contributed by atoms with Gasteiger partial charge in [-0.1, -0.05) is 36.9 Å². The fourth-order valence-corrected chi connectivity index (χ4v) is 3.81. The van der Waals surface area contributed by atoms with Crippen molar-refractivity contribution < 1.29 is 5.11 Å². The van der Waals surface area contributed by atoms with Gasteiger partial charge in [0.2, 0.25) is 5.13 Å². The molecule has 122 valence electrons. The van der Waals surface area contributed by atoms with Crippen LogP contribution < -0.4 is 10.2 Å². The Bertz CT molecular complexity index is 394. The molecule has 1 aromatic heterocycles. The minimum atomic E-state index is -0.119. The number of hydrogen-bond donors (Lipinski definition) is 2. The Hall–Kier alpha value is -0.370. The second kappa shape index (κ2) is 9.61. The van der Waals surface area contributed by atoms with Crippen LogP contribution in [0.1, 0.15) is 39.5 Å². The normalized spacial score (nSPS) is 14.1. The number of hydrogen-bond acceptors (Lipinski definition) is 7. The van der Waals surface area contributed by atoms with Gasteiger partial charge in [-0.2, -0.15) is 0 Å². The summed E-state index contributed by atoms with van der Waals surface area (Å²) in [5.74, 6) is 1.01. The van der Waals surface area contributed by atoms with E-state index in [0.717, 1.165) is 47.5 Å². The van der Waals surface area contributed by atoms with E-state index >= 15 is 0 Å². The van der Waals surface area contributed by atoms with Gasteiger partial charge in [0.15, 0.2) is 4.34 Å². The summed E-state index contributed by atoms with van der Waals surface area (Å²) in [4.78, 5) is 1.98. The summed E-state index contributed by atoms with van der Waals surface area (Å²) in [6.07, 6.45) is 4.10. The number of thioether (sulfide) groups is 1. The molecule has 1 rings (SSSR count). The minimum Gasteiger partial charge on any atom is -0.394 e. The van der Waals surface area contributed by atoms with Crippen molar-refractivity contribution in [2.24, 2.45) is 0 Å². The Kier molecular flexibility index (Phi) is 8.55. The molecule has 0 aliphatic carbocycles. The van der Waals surface area contributed by atoms with Gasteiger partial charge in [0.05, 0.1) is 6.61 Å². The van der Waals surface area contributed by atoms with E-state index in [2.05, 4.69) is 29.4 Å². The average molecular weight is 333 g/mol. The van der Waals surface area contributed by atoms with Gasteiger partial charge >= 0.3 is 0 Å². The maximum Gasteiger partial charge on any atom is 0.208 e. The van der Waals surface area contributed by atoms with E-state index in [-0.39, 0.29) is 12.1 Å². The monoisotopic (exact) mass is 332 g/mol. The minimum absolute atomic E-state index is 0.119. The summed E-state index contributed by atoms with van der Waals surface area (Å²) in [7, 11) is 3.95. The molecular weight excluding hydrogens is 304 g/mol. The molecule has 0 bridgehead atoms. The molecular formula is C14H28N4OS2. The standard InChI is InChI=1S/C14H28N4OS2/c1-5-9-15-14(6-2,11-19)8-7-10-20-13-17-16-12(21-13)18(3)4/h15,19H,5-11H2,1-4H3. The molecule has 1 unspecified atom stereocenters. The SMILES string of the molecule is CCCNC(CC)(CO)CCCSc1nnc(N(C)C)s1. The van der Waals surface area contributed by atoms with Crippen LogP contribution in [0, 0.1) is 0 Å². The van der Waals surface area contributed by atoms with Crippen LogP contribution in [-0.2, 0) is 0 Å². The van der Waals surface area contributed by atoms with Crippen LogP contribution in [0.3, 0.4) is 0 Å². The maximum absolute atomic E-state index is 9.69. The number of aliphatic hydroxyl groups excluding tert-OH is 1. The Morgan fingerprint density at radius 3 is 2.62 bits per heavy atom. The van der Waals surface area contributed by atoms with E-state index in [9.17, 15) is 5.11 Å². The highest BCUT2D eigenvalue weighted by Crippen LogP contribution is 2.28. The van der Waals surface area contributed by atoms with Crippen molar-refractivity contribution in [3.8, 4) is 0 Å². The summed E-state index contributed by atoms with van der Waals surface area (Å²) in [6, 6.07) is 0. The summed E-state index contributed by atoms with van der Waals surface area (Å²) in [5, 5.41) is 22.5. The van der Waals surface area contributed by atoms with Gasteiger partial charge in [-0.15, -0.1) is 10.2 Å². The first-order valence-electron chi connectivity index (χ1n) is 7.56. The molecule has 0 saturated carbocycles. The van der Waals surface area contributed by atoms with Crippen LogP contribution in [0.15, 0.2) is 4.34 Å². The number of anilines is 1. The highest BCUT2D eigenvalue weighted by molar-refractivity contribution is 8.01. The molecule has 0 aliphatic rings. The fourth-order valence-electron chi connectivity index (χ4n) is 2.04. The van der Waals surface area contributed by atoms with Crippen LogP contribution in [-0.4, -0.2) is 53.8 Å². The Balaban J connectivity index is 2.36. The van der Waals surface area contributed by atoms with E-state index in [1.807, 2.05) is 19.0 Å². The Morgan fingerprint density at radius 1 is 1.33 bits per heavy atom. The smallest absolute Gasteiger partial charge is 0.208 e. The van der Waals surface area contributed by atoms with E-state index in [4.69, 9.17) is 0 Å². The van der Waals surface area contributed by atoms with E-state index < -0.39 is 0 Å². The molecule has 0 radical (unpaired) electrons. The summed E-state index contributed by atoms with van der Waals surface area (Å²) in [6.45, 7) is 5.46. The van der Waals surface area contributed by atoms with E-state index in [0.29, 0.717) is 0 Å². The third-order valence-electron chi connectivity index (χ3n) is 3.53. The highest BCUT2D eigenvalue weighted by Gasteiger charge is 2.25. The van der Waals surface area contributed by atoms with Gasteiger partial charge in [0, 0.05) is 25.4 Å². The van der Waals surface area contributed by atoms with E-state index in [1.165, 1.54) is 0 Å². The third kappa shape index (κ3) is 6.10. The first kappa shape index (κ1) is 18.7. The molecule has 7 heteroatoms. The first-order valence-corrected chi connectivity index (χ1v) is 9.36. The zero-order valence-corrected chi connectivity index (χ0v) is 15.2. The van der Waals surface area contributed by atoms with Gasteiger partial charge in [-0.3, -0.25) is 0 Å². The summed E-state index contributed by atoms with van der Waals surface area (Å²) in [5.41, 5.74) is -0.119. The van der Waals surface area contributed by atoms with Crippen molar-refractivity contribution in [2.45, 2.75) is 49.4 Å². The van der Waals surface area contributed by atoms with Crippen LogP contribution in [0.4, 0.5) is 5.13 Å². The molecule has 0 spiro atoms. The maximum atomic E-state index is 9.69. The fraction of sp³-hybridized carbons (Fsp3) is 0.857. The molecule has 0 aliphatic heterocycles. The quantitative estimate of drug-likeness (QED) is 0.480. The van der Waals surface area contributed by atoms with Crippen molar-refractivity contribution in [2.75, 3.05) is 37.9 Å². The lowest BCUT2D eigenvalue weighted by Gasteiger charge is -2.32. The lowest BCUT2D eigenvalue weighted by atomic mass is 9.91. The second-order valence-electron chi connectivity index (χ2n) is 5.42. The van der Waals surface area contributed by atoms with Crippen molar-refractivity contribution in [1.82, 2.24) is 15.5 Å². The molecule has 0 fully saturated rings. The van der Waals surface area contributed by atoms with Crippen LogP contribution >= 0.6 is 23.1 Å². The predicted octanol–water partition coefficient (Wildman–Crippen LogP) is 2.62. The van der Waals surface area contributed by atoms with Gasteiger partial charge in [0.1, 0.15) is 0 Å². The van der Waals surface area contributed by atoms with E-state index in [1.54, 1.807) is 23.1 Å². The van der Waals surface area contributed by atoms with Crippen molar-refractivity contribution in [3.05, 3.63) is 0 Å². The topological polar surface area (TPSA) is 61.3 Å². The molecule has 0 saturated heterocycles. The first-order chi connectivity index (χ1) is 10.1. The predicted molar refractivity (Wildman–Crippen MR) is 92.6 cm³/mol. The van der Waals surface area contributed by atoms with Gasteiger partial charge in [-0.05, 0) is 32.2 Å². The lowest BCUT2D eigenvalue weighted by molar-refractivity contribution is 0.146. The molecule has 5 nitrogen and oxygen atoms in total. The second-order valence-corrected chi connectivity index (χ2v) is 7.71. The molecule has 0 amide bonds. The van der Waals surface area contributed by atoms with Crippen LogP contribution in [0.25, 0.3) is 0 Å². The third-order valence-corrected chi connectivity index (χ3v) is 5.84. The number of nitrogens with zero attached hydrogens (tertiary/aromatic N) is 3. The largest absolute Gasteiger partial charge is 0.394 e. The molecule has 2 N–H and O–H groups in total. The molecule has 1 atom stereocenters. The lowest BCUT2D eigenvalue weighted by Crippen LogP contribution is -2.48. The number of aliphatic hydroxyl groups is 1. The zero-order valence-electron chi connectivity index (χ0n) is 13.6. The van der Waals surface area contributed by atoms with Gasteiger partial charge in [0.25, 0.3) is 0 Å². The number of nitrogens with one attached hydrogen (secondary N) is 1. The highest BCUT2D eigenvalue weighted by atomic mass is 32.2. The van der Waals surface area contributed by atoms with Crippen LogP contribution in [0.2, 0.25) is 0 Å². The van der Waals surface area contributed by atoms with Crippen molar-refractivity contribution in [1.29, 1.82) is 0 Å². The Morgan fingerprint density at radius 2 is 2.10 bits per heavy atom. The van der Waals surface area contributed by atoms with Crippen LogP contribution in [0.5, 0.6) is 0 Å². The number of aromatic nitrogens is 2. The summed E-state index contributed by atoms with van der Waals surface area (Å²) >= 11 is 3.38. The summed E-state index contributed by atoms with van der Waals surface area (Å²) < 4.78 is 1.02. The Labute approximate surface area is 136 Å². The molecule has 0 aromatic carbocycles. The number of rotatable bonds is 11. The molecule has 1 heterocycles. The molecule has 1 aromatic rings. The van der Waals surface area contributed by atoms with Crippen molar-refractivity contribution in [3.63, 3.8) is 0 Å².